The van der Waals surface area contributed by atoms with E-state index >= 15 is 0 Å². The van der Waals surface area contributed by atoms with Gasteiger partial charge in [-0.1, -0.05) is 0 Å². The van der Waals surface area contributed by atoms with E-state index in [2.05, 4.69) is 15.3 Å². The summed E-state index contributed by atoms with van der Waals surface area (Å²) in [5.74, 6) is -0.0698. The van der Waals surface area contributed by atoms with Crippen molar-refractivity contribution in [1.29, 1.82) is 0 Å². The molecule has 1 rings (SSSR count). The normalized spacial score (nSPS) is 10.4. The average Bonchev–Trinajstić information content (AvgIpc) is 2.27. The molecular weight excluding hydrogens is 238 g/mol. The first-order chi connectivity index (χ1) is 8.58. The maximum absolute atomic E-state index is 10.2. The van der Waals surface area contributed by atoms with Gasteiger partial charge < -0.3 is 19.9 Å². The third-order valence-corrected chi connectivity index (χ3v) is 1.74. The smallest absolute Gasteiger partial charge is 0.329 e. The Morgan fingerprint density at radius 2 is 2.33 bits per heavy atom. The Labute approximate surface area is 105 Å². The zero-order valence-electron chi connectivity index (χ0n) is 10.4. The molecule has 7 heteroatoms. The van der Waals surface area contributed by atoms with Crippen LogP contribution in [0, 0.1) is 0 Å². The summed E-state index contributed by atoms with van der Waals surface area (Å²) in [6.45, 7) is 4.21. The van der Waals surface area contributed by atoms with E-state index in [-0.39, 0.29) is 19.3 Å². The molecule has 1 aromatic rings. The minimum absolute atomic E-state index is 0.0478. The van der Waals surface area contributed by atoms with Gasteiger partial charge in [-0.2, -0.15) is 4.98 Å². The number of hydrogen-bond acceptors (Lipinski definition) is 6. The van der Waals surface area contributed by atoms with Crippen molar-refractivity contribution in [2.45, 2.75) is 20.0 Å². The van der Waals surface area contributed by atoms with Crippen LogP contribution in [0.1, 0.15) is 13.8 Å². The number of anilines is 1. The Morgan fingerprint density at radius 3 is 3.00 bits per heavy atom. The van der Waals surface area contributed by atoms with Gasteiger partial charge in [-0.25, -0.2) is 9.78 Å². The molecule has 0 radical (unpaired) electrons. The zero-order chi connectivity index (χ0) is 13.4. The lowest BCUT2D eigenvalue weighted by Crippen LogP contribution is -2.15. The van der Waals surface area contributed by atoms with Crippen LogP contribution in [-0.4, -0.2) is 46.9 Å². The molecule has 0 saturated carbocycles. The van der Waals surface area contributed by atoms with Crippen LogP contribution >= 0.6 is 0 Å². The van der Waals surface area contributed by atoms with Gasteiger partial charge in [-0.3, -0.25) is 0 Å². The van der Waals surface area contributed by atoms with Crippen LogP contribution in [0.3, 0.4) is 0 Å². The lowest BCUT2D eigenvalue weighted by atomic mass is 10.5. The molecule has 0 aliphatic rings. The lowest BCUT2D eigenvalue weighted by molar-refractivity contribution is -0.142. The minimum atomic E-state index is -0.987. The fourth-order valence-corrected chi connectivity index (χ4v) is 1.13. The number of ether oxygens (including phenoxy) is 2. The predicted molar refractivity (Wildman–Crippen MR) is 64.7 cm³/mol. The Hall–Kier alpha value is -1.89. The van der Waals surface area contributed by atoms with E-state index in [1.165, 1.54) is 0 Å². The van der Waals surface area contributed by atoms with Crippen LogP contribution in [0.4, 0.5) is 5.95 Å². The van der Waals surface area contributed by atoms with E-state index in [1.807, 2.05) is 13.8 Å². The van der Waals surface area contributed by atoms with E-state index < -0.39 is 5.97 Å². The number of carboxylic acid groups (broad SMARTS) is 1. The summed E-state index contributed by atoms with van der Waals surface area (Å²) in [6.07, 6.45) is 1.64. The molecule has 0 bridgehead atoms. The van der Waals surface area contributed by atoms with Crippen molar-refractivity contribution < 1.29 is 19.4 Å². The van der Waals surface area contributed by atoms with Gasteiger partial charge in [-0.15, -0.1) is 0 Å². The number of aliphatic carboxylic acids is 1. The van der Waals surface area contributed by atoms with Crippen molar-refractivity contribution in [2.24, 2.45) is 0 Å². The SMILES string of the molecule is CC(C)Oc1ccnc(NCCOCC(=O)O)n1. The molecule has 0 aliphatic heterocycles. The Kier molecular flexibility index (Phi) is 5.86. The van der Waals surface area contributed by atoms with Gasteiger partial charge in [0.2, 0.25) is 11.8 Å². The van der Waals surface area contributed by atoms with Crippen LogP contribution < -0.4 is 10.1 Å². The molecule has 0 spiro atoms. The van der Waals surface area contributed by atoms with Crippen molar-refractivity contribution >= 4 is 11.9 Å². The third-order valence-electron chi connectivity index (χ3n) is 1.74. The third kappa shape index (κ3) is 6.00. The molecule has 7 nitrogen and oxygen atoms in total. The molecule has 0 atom stereocenters. The quantitative estimate of drug-likeness (QED) is 0.663. The number of rotatable bonds is 8. The van der Waals surface area contributed by atoms with Gasteiger partial charge in [0.05, 0.1) is 12.7 Å². The maximum atomic E-state index is 10.2. The standard InChI is InChI=1S/C11H17N3O4/c1-8(2)18-9-3-4-12-11(14-9)13-5-6-17-7-10(15)16/h3-4,8H,5-7H2,1-2H3,(H,15,16)(H,12,13,14). The summed E-state index contributed by atoms with van der Waals surface area (Å²) in [5, 5.41) is 11.3. The number of carboxylic acids is 1. The molecule has 0 aromatic carbocycles. The summed E-state index contributed by atoms with van der Waals surface area (Å²) in [7, 11) is 0. The van der Waals surface area contributed by atoms with Crippen LogP contribution in [0.15, 0.2) is 12.3 Å². The number of hydrogen-bond donors (Lipinski definition) is 2. The highest BCUT2D eigenvalue weighted by Crippen LogP contribution is 2.09. The van der Waals surface area contributed by atoms with E-state index in [1.54, 1.807) is 12.3 Å². The second-order valence-corrected chi connectivity index (χ2v) is 3.76. The summed E-state index contributed by atoms with van der Waals surface area (Å²) >= 11 is 0. The van der Waals surface area contributed by atoms with E-state index in [0.717, 1.165) is 0 Å². The van der Waals surface area contributed by atoms with Gasteiger partial charge in [0.15, 0.2) is 0 Å². The maximum Gasteiger partial charge on any atom is 0.329 e. The fraction of sp³-hybridized carbons (Fsp3) is 0.545. The van der Waals surface area contributed by atoms with Crippen molar-refractivity contribution in [1.82, 2.24) is 9.97 Å². The molecule has 0 fully saturated rings. The van der Waals surface area contributed by atoms with Gasteiger partial charge in [0.1, 0.15) is 6.61 Å². The highest BCUT2D eigenvalue weighted by molar-refractivity contribution is 5.67. The molecule has 100 valence electrons. The Morgan fingerprint density at radius 1 is 1.56 bits per heavy atom. The van der Waals surface area contributed by atoms with Crippen LogP contribution in [-0.2, 0) is 9.53 Å². The summed E-state index contributed by atoms with van der Waals surface area (Å²) in [5.41, 5.74) is 0. The fourth-order valence-electron chi connectivity index (χ4n) is 1.13. The van der Waals surface area contributed by atoms with Crippen LogP contribution in [0.25, 0.3) is 0 Å². The lowest BCUT2D eigenvalue weighted by Gasteiger charge is -2.09. The highest BCUT2D eigenvalue weighted by atomic mass is 16.5. The molecule has 1 aromatic heterocycles. The van der Waals surface area contributed by atoms with E-state index in [0.29, 0.717) is 18.4 Å². The molecule has 0 amide bonds. The van der Waals surface area contributed by atoms with E-state index in [4.69, 9.17) is 14.6 Å². The number of nitrogens with zero attached hydrogens (tertiary/aromatic N) is 2. The molecular formula is C11H17N3O4. The summed E-state index contributed by atoms with van der Waals surface area (Å²) in [4.78, 5) is 18.3. The largest absolute Gasteiger partial charge is 0.480 e. The molecule has 18 heavy (non-hydrogen) atoms. The van der Waals surface area contributed by atoms with Crippen LogP contribution in [0.5, 0.6) is 5.88 Å². The topological polar surface area (TPSA) is 93.6 Å². The van der Waals surface area contributed by atoms with Gasteiger partial charge in [-0.05, 0) is 13.8 Å². The van der Waals surface area contributed by atoms with E-state index in [9.17, 15) is 4.79 Å². The Bertz CT molecular complexity index is 384. The van der Waals surface area contributed by atoms with Crippen molar-refractivity contribution in [3.05, 3.63) is 12.3 Å². The Balaban J connectivity index is 2.31. The monoisotopic (exact) mass is 255 g/mol. The zero-order valence-corrected chi connectivity index (χ0v) is 10.4. The molecule has 2 N–H and O–H groups in total. The molecule has 0 unspecified atom stereocenters. The molecule has 0 aliphatic carbocycles. The van der Waals surface area contributed by atoms with Gasteiger partial charge in [0, 0.05) is 18.8 Å². The van der Waals surface area contributed by atoms with Crippen LogP contribution in [0.2, 0.25) is 0 Å². The summed E-state index contributed by atoms with van der Waals surface area (Å²) in [6, 6.07) is 1.67. The second kappa shape index (κ2) is 7.44. The summed E-state index contributed by atoms with van der Waals surface area (Å²) < 4.78 is 10.3. The minimum Gasteiger partial charge on any atom is -0.480 e. The second-order valence-electron chi connectivity index (χ2n) is 3.76. The first-order valence-corrected chi connectivity index (χ1v) is 5.61. The van der Waals surface area contributed by atoms with Crippen molar-refractivity contribution in [2.75, 3.05) is 25.1 Å². The average molecular weight is 255 g/mol. The first-order valence-electron chi connectivity index (χ1n) is 5.61. The predicted octanol–water partition coefficient (Wildman–Crippen LogP) is 0.777. The first kappa shape index (κ1) is 14.2. The molecule has 1 heterocycles. The van der Waals surface area contributed by atoms with Crippen molar-refractivity contribution in [3.63, 3.8) is 0 Å². The molecule has 0 saturated heterocycles. The number of aromatic nitrogens is 2. The van der Waals surface area contributed by atoms with Crippen molar-refractivity contribution in [3.8, 4) is 5.88 Å². The highest BCUT2D eigenvalue weighted by Gasteiger charge is 2.02. The van der Waals surface area contributed by atoms with Gasteiger partial charge >= 0.3 is 5.97 Å². The van der Waals surface area contributed by atoms with Gasteiger partial charge in [0.25, 0.3) is 0 Å². The number of carbonyl (C=O) groups is 1. The number of nitrogens with one attached hydrogen (secondary N) is 1.